The van der Waals surface area contributed by atoms with Crippen molar-refractivity contribution in [1.29, 1.82) is 0 Å². The molecule has 6 aliphatic carbocycles. The summed E-state index contributed by atoms with van der Waals surface area (Å²) < 4.78 is 59.6. The Bertz CT molecular complexity index is 2760. The molecule has 19 nitrogen and oxygen atoms in total. The fourth-order valence-corrected chi connectivity index (χ4v) is 14.4. The number of hydrogen-bond acceptors (Lipinski definition) is 14. The van der Waals surface area contributed by atoms with E-state index in [0.717, 1.165) is 44.2 Å². The number of nitrogens with zero attached hydrogens (tertiary/aromatic N) is 3. The van der Waals surface area contributed by atoms with Crippen molar-refractivity contribution in [3.8, 4) is 0 Å². The van der Waals surface area contributed by atoms with Gasteiger partial charge >= 0.3 is 6.09 Å². The van der Waals surface area contributed by atoms with E-state index in [4.69, 9.17) is 4.74 Å². The van der Waals surface area contributed by atoms with Gasteiger partial charge in [-0.2, -0.15) is 0 Å². The maximum absolute atomic E-state index is 14.0. The van der Waals surface area contributed by atoms with Crippen LogP contribution in [0.1, 0.15) is 129 Å². The summed E-state index contributed by atoms with van der Waals surface area (Å²) in [6, 6.07) is 7.29. The largest absolute Gasteiger partial charge is 0.446 e. The maximum atomic E-state index is 14.0. The summed E-state index contributed by atoms with van der Waals surface area (Å²) in [6.45, 7) is 4.39. The lowest BCUT2D eigenvalue weighted by Gasteiger charge is -2.26. The molecule has 418 valence electrons. The number of carbonyl (C=O) groups is 7. The second-order valence-electron chi connectivity index (χ2n) is 24.0. The highest BCUT2D eigenvalue weighted by atomic mass is 32.2. The van der Waals surface area contributed by atoms with Crippen LogP contribution in [0.5, 0.6) is 0 Å². The van der Waals surface area contributed by atoms with Gasteiger partial charge in [-0.15, -0.1) is 0 Å². The highest BCUT2D eigenvalue weighted by Gasteiger charge is 2.64. The molecule has 76 heavy (non-hydrogen) atoms. The molecule has 21 heteroatoms. The van der Waals surface area contributed by atoms with Crippen LogP contribution in [-0.4, -0.2) is 136 Å². The Kier molecular flexibility index (Phi) is 16.5. The molecule has 0 bridgehead atoms. The number of nitrogens with one attached hydrogen (secondary N) is 3. The van der Waals surface area contributed by atoms with Gasteiger partial charge in [0.25, 0.3) is 0 Å². The Hall–Kier alpha value is -5.15. The Morgan fingerprint density at radius 3 is 1.59 bits per heavy atom. The third-order valence-corrected chi connectivity index (χ3v) is 22.3. The van der Waals surface area contributed by atoms with Crippen LogP contribution in [0, 0.1) is 46.3 Å². The van der Waals surface area contributed by atoms with Gasteiger partial charge in [0.05, 0.1) is 38.3 Å². The van der Waals surface area contributed by atoms with Crippen molar-refractivity contribution < 1.29 is 60.2 Å². The van der Waals surface area contributed by atoms with E-state index >= 15 is 0 Å². The second kappa shape index (κ2) is 21.9. The minimum absolute atomic E-state index is 0.106. The molecular formula is C55H78N6O13S2. The third-order valence-electron chi connectivity index (χ3n) is 17.9. The molecule has 8 aliphatic rings. The molecule has 10 atom stereocenters. The predicted octanol–water partition coefficient (Wildman–Crippen LogP) is 5.39. The summed E-state index contributed by atoms with van der Waals surface area (Å²) in [6.07, 6.45) is 14.0. The van der Waals surface area contributed by atoms with E-state index in [1.54, 1.807) is 43.8 Å². The minimum atomic E-state index is -3.88. The number of aliphatic hydroxyl groups excluding tert-OH is 1. The molecule has 6 saturated carbocycles. The van der Waals surface area contributed by atoms with E-state index in [1.807, 2.05) is 61.5 Å². The van der Waals surface area contributed by atoms with Crippen molar-refractivity contribution >= 4 is 72.7 Å². The van der Waals surface area contributed by atoms with Crippen LogP contribution < -0.4 is 19.7 Å². The Morgan fingerprint density at radius 1 is 0.671 bits per heavy atom. The first-order valence-corrected chi connectivity index (χ1v) is 30.2. The lowest BCUT2D eigenvalue weighted by atomic mass is 9.84. The van der Waals surface area contributed by atoms with Gasteiger partial charge in [-0.3, -0.25) is 43.5 Å². The molecule has 4 N–H and O–H groups in total. The fourth-order valence-electron chi connectivity index (χ4n) is 11.8. The monoisotopic (exact) mass is 1090 g/mol. The number of fused-ring (bicyclic) bond motifs is 4. The van der Waals surface area contributed by atoms with Gasteiger partial charge in [0.1, 0.15) is 17.7 Å². The SMILES string of the molecule is CN1CCCC/C=C\[C@@H]2C[C@@]2(C(=O)NS(=O)(=O)C2(C)CC2)CC(=O)[C@@H]2C[C@@H](O)C[C@H]2C1=O.CN1CCCC/C=C\[C@@H]2C[C@@]2(C(=O)NS(=O)(=O)C2(C)CC2)CC(=O)[C@@H]2C[C@@H](OC(=O)Nc3cccc(N(C)C)c3)C[C@H]2C1=O. The van der Waals surface area contributed by atoms with E-state index in [-0.39, 0.29) is 73.7 Å². The van der Waals surface area contributed by atoms with Gasteiger partial charge in [0.15, 0.2) is 0 Å². The number of allylic oxidation sites excluding steroid dienone is 4. The maximum Gasteiger partial charge on any atom is 0.411 e. The van der Waals surface area contributed by atoms with E-state index in [0.29, 0.717) is 57.3 Å². The lowest BCUT2D eigenvalue weighted by molar-refractivity contribution is -0.140. The second-order valence-corrected chi connectivity index (χ2v) is 28.4. The van der Waals surface area contributed by atoms with Gasteiger partial charge in [0.2, 0.25) is 43.7 Å². The van der Waals surface area contributed by atoms with Crippen LogP contribution in [-0.2, 0) is 53.6 Å². The van der Waals surface area contributed by atoms with Crippen LogP contribution in [0.25, 0.3) is 0 Å². The van der Waals surface area contributed by atoms with Gasteiger partial charge < -0.3 is 24.5 Å². The normalized spacial score (nSPS) is 33.9. The smallest absolute Gasteiger partial charge is 0.411 e. The first-order valence-electron chi connectivity index (χ1n) is 27.2. The highest BCUT2D eigenvalue weighted by molar-refractivity contribution is 7.92. The zero-order valence-electron chi connectivity index (χ0n) is 44.9. The summed E-state index contributed by atoms with van der Waals surface area (Å²) >= 11 is 0. The number of carbonyl (C=O) groups excluding carboxylic acids is 7. The zero-order chi connectivity index (χ0) is 55.2. The first-order chi connectivity index (χ1) is 35.7. The number of hydrogen-bond donors (Lipinski definition) is 4. The van der Waals surface area contributed by atoms with Crippen molar-refractivity contribution in [3.05, 3.63) is 48.6 Å². The number of ketones is 2. The van der Waals surface area contributed by atoms with Crippen LogP contribution >= 0.6 is 0 Å². The van der Waals surface area contributed by atoms with Crippen LogP contribution in [0.15, 0.2) is 48.6 Å². The van der Waals surface area contributed by atoms with Crippen molar-refractivity contribution in [3.63, 3.8) is 0 Å². The van der Waals surface area contributed by atoms with Crippen LogP contribution in [0.2, 0.25) is 0 Å². The molecule has 1 aromatic carbocycles. The summed E-state index contributed by atoms with van der Waals surface area (Å²) in [5.41, 5.74) is -0.815. The Balaban J connectivity index is 0.000000212. The van der Waals surface area contributed by atoms with Crippen molar-refractivity contribution in [2.45, 2.75) is 151 Å². The number of Topliss-reactive ketones (excluding diaryl/α,β-unsaturated/α-hetero) is 2. The molecule has 0 radical (unpaired) electrons. The first kappa shape index (κ1) is 57.0. The fraction of sp³-hybridized carbons (Fsp3) is 0.691. The van der Waals surface area contributed by atoms with Crippen LogP contribution in [0.4, 0.5) is 16.2 Å². The number of sulfonamides is 2. The number of aliphatic hydroxyl groups is 1. The van der Waals surface area contributed by atoms with Gasteiger partial charge in [0, 0.05) is 77.3 Å². The molecule has 1 aromatic rings. The lowest BCUT2D eigenvalue weighted by Crippen LogP contribution is -2.44. The van der Waals surface area contributed by atoms with E-state index < -0.39 is 94.2 Å². The summed E-state index contributed by atoms with van der Waals surface area (Å²) in [4.78, 5) is 98.8. The molecule has 0 unspecified atom stereocenters. The van der Waals surface area contributed by atoms with Gasteiger partial charge in [-0.1, -0.05) is 30.4 Å². The number of benzene rings is 1. The molecule has 2 aliphatic heterocycles. The zero-order valence-corrected chi connectivity index (χ0v) is 46.5. The molecule has 0 spiro atoms. The average Bonchev–Trinajstić information content (AvgIpc) is 4.31. The Morgan fingerprint density at radius 2 is 1.12 bits per heavy atom. The molecule has 5 amide bonds. The molecule has 0 aromatic heterocycles. The van der Waals surface area contributed by atoms with Crippen molar-refractivity contribution in [1.82, 2.24) is 19.2 Å². The summed E-state index contributed by atoms with van der Waals surface area (Å²) in [7, 11) is -0.442. The van der Waals surface area contributed by atoms with Crippen LogP contribution in [0.3, 0.4) is 0 Å². The third kappa shape index (κ3) is 12.3. The van der Waals surface area contributed by atoms with Crippen molar-refractivity contribution in [2.24, 2.45) is 46.3 Å². The van der Waals surface area contributed by atoms with E-state index in [2.05, 4.69) is 14.8 Å². The number of rotatable bonds is 9. The van der Waals surface area contributed by atoms with Gasteiger partial charge in [-0.25, -0.2) is 21.6 Å². The molecule has 2 heterocycles. The summed E-state index contributed by atoms with van der Waals surface area (Å²) in [5.74, 6) is -5.23. The van der Waals surface area contributed by atoms with Crippen molar-refractivity contribution in [2.75, 3.05) is 51.5 Å². The van der Waals surface area contributed by atoms with E-state index in [1.165, 1.54) is 0 Å². The number of ether oxygens (including phenoxy) is 1. The number of amides is 5. The highest BCUT2D eigenvalue weighted by Crippen LogP contribution is 2.59. The van der Waals surface area contributed by atoms with E-state index in [9.17, 15) is 55.5 Å². The average molecular weight is 1100 g/mol. The van der Waals surface area contributed by atoms with Gasteiger partial charge in [-0.05, 0) is 147 Å². The molecule has 0 saturated heterocycles. The summed E-state index contributed by atoms with van der Waals surface area (Å²) in [5, 5.41) is 13.0. The predicted molar refractivity (Wildman–Crippen MR) is 284 cm³/mol. The quantitative estimate of drug-likeness (QED) is 0.226. The topological polar surface area (TPSA) is 263 Å². The molecular weight excluding hydrogens is 1020 g/mol. The number of anilines is 2. The molecule has 9 rings (SSSR count). The minimum Gasteiger partial charge on any atom is -0.446 e. The Labute approximate surface area is 447 Å². The molecule has 6 fully saturated rings. The standard InChI is InChI=1S/C32H44N4O7S.C23H34N2O6S/c1-31(13-14-31)44(41,42)34-29(39)32-19-21(32)10-7-5-6-8-15-36(4)28(38)26-18-24(17-25(26)27(37)20-32)43-30(40)33-22-11-9-12-23(16-22)35(2)3;1-22(8-9-22)32(30,31)24-21(29)23-13-15(23)7-5-3-4-6-10-25(2)20(28)18-12-16(26)11-17(18)19(27)14-23/h7,9-12,16,21,24-26H,5-6,8,13-15,17-20H2,1-4H3,(H,33,40)(H,34,39);5,7,15-18,26H,3-4,6,8-14H2,1-2H3,(H,24,29)/b10-7-;7-5-/t21-,24-,25-,26-,32-;15-,16-,17-,18-,23-/m11/s1.